The number of carbonyl (C=O) groups is 1. The normalized spacial score (nSPS) is 18.1. The van der Waals surface area contributed by atoms with E-state index < -0.39 is 0 Å². The highest BCUT2D eigenvalue weighted by Gasteiger charge is 2.25. The fourth-order valence-electron chi connectivity index (χ4n) is 3.24. The van der Waals surface area contributed by atoms with E-state index in [0.717, 1.165) is 30.6 Å². The molecule has 0 bridgehead atoms. The molecule has 1 atom stereocenters. The molecule has 1 aromatic heterocycles. The van der Waals surface area contributed by atoms with Gasteiger partial charge in [-0.25, -0.2) is 4.79 Å². The van der Waals surface area contributed by atoms with Crippen LogP contribution in [0.5, 0.6) is 0 Å². The van der Waals surface area contributed by atoms with E-state index in [0.29, 0.717) is 19.8 Å². The third-order valence-corrected chi connectivity index (χ3v) is 4.77. The zero-order chi connectivity index (χ0) is 17.8. The van der Waals surface area contributed by atoms with E-state index in [-0.39, 0.29) is 12.1 Å². The number of rotatable bonds is 5. The second kappa shape index (κ2) is 7.89. The zero-order valence-corrected chi connectivity index (χ0v) is 15.4. The summed E-state index contributed by atoms with van der Waals surface area (Å²) in [5.74, 6) is 0. The van der Waals surface area contributed by atoms with Gasteiger partial charge in [-0.15, -0.1) is 0 Å². The molecule has 0 radical (unpaired) electrons. The largest absolute Gasteiger partial charge is 0.377 e. The van der Waals surface area contributed by atoms with Gasteiger partial charge in [0.2, 0.25) is 0 Å². The van der Waals surface area contributed by atoms with Crippen LogP contribution in [0.25, 0.3) is 10.9 Å². The van der Waals surface area contributed by atoms with E-state index in [2.05, 4.69) is 54.1 Å². The Bertz CT molecular complexity index is 725. The van der Waals surface area contributed by atoms with Gasteiger partial charge in [0.05, 0.1) is 19.3 Å². The molecule has 0 aliphatic carbocycles. The van der Waals surface area contributed by atoms with Crippen LogP contribution in [0.2, 0.25) is 0 Å². The Morgan fingerprint density at radius 1 is 1.36 bits per heavy atom. The van der Waals surface area contributed by atoms with Crippen LogP contribution in [0.4, 0.5) is 10.5 Å². The average Bonchev–Trinajstić information content (AvgIpc) is 3.02. The first-order valence-electron chi connectivity index (χ1n) is 8.97. The Labute approximate surface area is 149 Å². The van der Waals surface area contributed by atoms with Crippen LogP contribution in [-0.2, 0) is 11.3 Å². The predicted molar refractivity (Wildman–Crippen MR) is 101 cm³/mol. The molecule has 6 heteroatoms. The van der Waals surface area contributed by atoms with E-state index in [1.807, 2.05) is 17.0 Å². The number of morpholine rings is 1. The lowest BCUT2D eigenvalue weighted by molar-refractivity contribution is 0.0144. The Balaban J connectivity index is 1.70. The molecule has 1 N–H and O–H groups in total. The molecule has 3 rings (SSSR count). The first-order valence-corrected chi connectivity index (χ1v) is 8.97. The van der Waals surface area contributed by atoms with Crippen LogP contribution in [0, 0.1) is 0 Å². The first kappa shape index (κ1) is 17.8. The summed E-state index contributed by atoms with van der Waals surface area (Å²) in [6.07, 6.45) is 3.01. The van der Waals surface area contributed by atoms with Crippen LogP contribution < -0.4 is 5.32 Å². The van der Waals surface area contributed by atoms with Crippen molar-refractivity contribution in [3.05, 3.63) is 30.5 Å². The van der Waals surface area contributed by atoms with Crippen molar-refractivity contribution in [3.63, 3.8) is 0 Å². The number of aromatic nitrogens is 1. The maximum absolute atomic E-state index is 12.6. The summed E-state index contributed by atoms with van der Waals surface area (Å²) in [7, 11) is 4.16. The zero-order valence-electron chi connectivity index (χ0n) is 15.4. The molecular weight excluding hydrogens is 316 g/mol. The van der Waals surface area contributed by atoms with Crippen LogP contribution >= 0.6 is 0 Å². The maximum Gasteiger partial charge on any atom is 0.322 e. The summed E-state index contributed by atoms with van der Waals surface area (Å²) in [6.45, 7) is 5.91. The lowest BCUT2D eigenvalue weighted by Gasteiger charge is -2.35. The highest BCUT2D eigenvalue weighted by atomic mass is 16.5. The molecule has 1 fully saturated rings. The molecule has 0 saturated carbocycles. The SMILES string of the molecule is CCC1COCCN1C(=O)Nc1ccc2c(ccn2CCN(C)C)c1. The number of hydrogen-bond donors (Lipinski definition) is 1. The molecule has 2 amide bonds. The third kappa shape index (κ3) is 4.14. The fraction of sp³-hybridized carbons (Fsp3) is 0.526. The molecule has 136 valence electrons. The standard InChI is InChI=1S/C19H28N4O2/c1-4-17-14-25-12-11-23(17)19(24)20-16-5-6-18-15(13-16)7-8-22(18)10-9-21(2)3/h5-8,13,17H,4,9-12,14H2,1-3H3,(H,20,24). The number of carbonyl (C=O) groups excluding carboxylic acids is 1. The monoisotopic (exact) mass is 344 g/mol. The quantitative estimate of drug-likeness (QED) is 0.907. The predicted octanol–water partition coefficient (Wildman–Crippen LogP) is 2.85. The molecule has 1 aliphatic heterocycles. The molecule has 1 saturated heterocycles. The Morgan fingerprint density at radius 2 is 2.20 bits per heavy atom. The summed E-state index contributed by atoms with van der Waals surface area (Å²) < 4.78 is 7.72. The van der Waals surface area contributed by atoms with Crippen molar-refractivity contribution in [1.29, 1.82) is 0 Å². The minimum absolute atomic E-state index is 0.0402. The number of fused-ring (bicyclic) bond motifs is 1. The number of anilines is 1. The molecule has 0 spiro atoms. The van der Waals surface area contributed by atoms with Crippen molar-refractivity contribution in [2.75, 3.05) is 45.7 Å². The minimum atomic E-state index is -0.0402. The van der Waals surface area contributed by atoms with Gasteiger partial charge >= 0.3 is 6.03 Å². The number of benzene rings is 1. The van der Waals surface area contributed by atoms with E-state index in [9.17, 15) is 4.79 Å². The second-order valence-corrected chi connectivity index (χ2v) is 6.85. The van der Waals surface area contributed by atoms with Crippen LogP contribution in [-0.4, -0.2) is 66.8 Å². The molecule has 6 nitrogen and oxygen atoms in total. The maximum atomic E-state index is 12.6. The van der Waals surface area contributed by atoms with Gasteiger partial charge in [0.1, 0.15) is 0 Å². The van der Waals surface area contributed by atoms with E-state index in [1.165, 1.54) is 5.52 Å². The van der Waals surface area contributed by atoms with Crippen molar-refractivity contribution < 1.29 is 9.53 Å². The number of hydrogen-bond acceptors (Lipinski definition) is 3. The number of amides is 2. The summed E-state index contributed by atoms with van der Waals surface area (Å²) in [4.78, 5) is 16.7. The Morgan fingerprint density at radius 3 is 2.96 bits per heavy atom. The summed E-state index contributed by atoms with van der Waals surface area (Å²) >= 11 is 0. The molecule has 2 aromatic rings. The van der Waals surface area contributed by atoms with Gasteiger partial charge in [0, 0.05) is 42.4 Å². The van der Waals surface area contributed by atoms with Gasteiger partial charge in [-0.3, -0.25) is 0 Å². The van der Waals surface area contributed by atoms with Crippen LogP contribution in [0.15, 0.2) is 30.5 Å². The molecule has 1 unspecified atom stereocenters. The molecule has 2 heterocycles. The van der Waals surface area contributed by atoms with E-state index >= 15 is 0 Å². The highest BCUT2D eigenvalue weighted by Crippen LogP contribution is 2.21. The Kier molecular flexibility index (Phi) is 5.60. The lowest BCUT2D eigenvalue weighted by atomic mass is 10.2. The number of likely N-dealkylation sites (N-methyl/N-ethyl adjacent to an activating group) is 1. The minimum Gasteiger partial charge on any atom is -0.377 e. The van der Waals surface area contributed by atoms with Crippen LogP contribution in [0.1, 0.15) is 13.3 Å². The van der Waals surface area contributed by atoms with Crippen molar-refractivity contribution in [2.24, 2.45) is 0 Å². The van der Waals surface area contributed by atoms with Gasteiger partial charge in [-0.2, -0.15) is 0 Å². The van der Waals surface area contributed by atoms with E-state index in [4.69, 9.17) is 4.74 Å². The van der Waals surface area contributed by atoms with Crippen molar-refractivity contribution in [3.8, 4) is 0 Å². The lowest BCUT2D eigenvalue weighted by Crippen LogP contribution is -2.50. The topological polar surface area (TPSA) is 49.7 Å². The van der Waals surface area contributed by atoms with Crippen LogP contribution in [0.3, 0.4) is 0 Å². The summed E-state index contributed by atoms with van der Waals surface area (Å²) in [5, 5.41) is 4.19. The van der Waals surface area contributed by atoms with Gasteiger partial charge < -0.3 is 24.4 Å². The van der Waals surface area contributed by atoms with Crippen molar-refractivity contribution >= 4 is 22.6 Å². The number of nitrogens with one attached hydrogen (secondary N) is 1. The number of urea groups is 1. The molecule has 1 aromatic carbocycles. The number of ether oxygens (including phenoxy) is 1. The van der Waals surface area contributed by atoms with Gasteiger partial charge in [-0.05, 0) is 44.8 Å². The highest BCUT2D eigenvalue weighted by molar-refractivity contribution is 5.93. The smallest absolute Gasteiger partial charge is 0.322 e. The fourth-order valence-corrected chi connectivity index (χ4v) is 3.24. The Hall–Kier alpha value is -2.05. The third-order valence-electron chi connectivity index (χ3n) is 4.77. The molecular formula is C19H28N4O2. The molecule has 25 heavy (non-hydrogen) atoms. The van der Waals surface area contributed by atoms with Gasteiger partial charge in [-0.1, -0.05) is 6.92 Å². The first-order chi connectivity index (χ1) is 12.1. The average molecular weight is 344 g/mol. The van der Waals surface area contributed by atoms with E-state index in [1.54, 1.807) is 0 Å². The van der Waals surface area contributed by atoms with Gasteiger partial charge in [0.25, 0.3) is 0 Å². The van der Waals surface area contributed by atoms with Gasteiger partial charge in [0.15, 0.2) is 0 Å². The molecule has 1 aliphatic rings. The number of nitrogens with zero attached hydrogens (tertiary/aromatic N) is 3. The second-order valence-electron chi connectivity index (χ2n) is 6.85. The summed E-state index contributed by atoms with van der Waals surface area (Å²) in [5.41, 5.74) is 2.03. The van der Waals surface area contributed by atoms with Crippen molar-refractivity contribution in [1.82, 2.24) is 14.4 Å². The van der Waals surface area contributed by atoms with Crippen molar-refractivity contribution in [2.45, 2.75) is 25.9 Å². The summed E-state index contributed by atoms with van der Waals surface area (Å²) in [6, 6.07) is 8.32.